The van der Waals surface area contributed by atoms with E-state index in [1.54, 1.807) is 0 Å². The molecule has 2 aromatic carbocycles. The van der Waals surface area contributed by atoms with E-state index in [1.807, 2.05) is 27.7 Å². The third-order valence-electron chi connectivity index (χ3n) is 5.65. The van der Waals surface area contributed by atoms with Gasteiger partial charge in [-0.05, 0) is 54.7 Å². The Morgan fingerprint density at radius 1 is 0.971 bits per heavy atom. The van der Waals surface area contributed by atoms with E-state index in [9.17, 15) is 4.79 Å². The number of ether oxygens (including phenoxy) is 2. The van der Waals surface area contributed by atoms with Gasteiger partial charge in [0.05, 0.1) is 19.1 Å². The van der Waals surface area contributed by atoms with Gasteiger partial charge in [0.2, 0.25) is 0 Å². The normalized spacial score (nSPS) is 16.1. The largest absolute Gasteiger partial charge is 0.490 e. The fourth-order valence-electron chi connectivity index (χ4n) is 4.14. The highest BCUT2D eigenvalue weighted by Crippen LogP contribution is 2.31. The maximum absolute atomic E-state index is 11.5. The molecule has 4 heteroatoms. The molecule has 1 aliphatic carbocycles. The maximum Gasteiger partial charge on any atom is 0.311 e. The van der Waals surface area contributed by atoms with E-state index in [4.69, 9.17) is 9.47 Å². The van der Waals surface area contributed by atoms with Crippen LogP contribution in [-0.2, 0) is 16.1 Å². The number of carbonyl (C=O) groups excluding carboxylic acids is 1. The summed E-state index contributed by atoms with van der Waals surface area (Å²) in [5.74, 6) is 1.79. The summed E-state index contributed by atoms with van der Waals surface area (Å²) in [6.45, 7) is 16.9. The van der Waals surface area contributed by atoms with E-state index in [0.717, 1.165) is 31.3 Å². The fourth-order valence-corrected chi connectivity index (χ4v) is 4.14. The van der Waals surface area contributed by atoms with Crippen molar-refractivity contribution in [2.24, 2.45) is 11.8 Å². The molecule has 2 aliphatic rings. The van der Waals surface area contributed by atoms with Gasteiger partial charge in [-0.25, -0.2) is 0 Å². The molecule has 1 aliphatic heterocycles. The van der Waals surface area contributed by atoms with Gasteiger partial charge in [-0.1, -0.05) is 79.2 Å². The SMILES string of the molecule is CC.CC.CC(C)C.COC(=O)C1CN(Cc2ccc3c(OC4CCCCC4)cccc3c2)C1. The first-order valence-electron chi connectivity index (χ1n) is 13.4. The first-order chi connectivity index (χ1) is 16.5. The lowest BCUT2D eigenvalue weighted by atomic mass is 9.97. The Morgan fingerprint density at radius 3 is 2.18 bits per heavy atom. The Morgan fingerprint density at radius 2 is 1.59 bits per heavy atom. The van der Waals surface area contributed by atoms with Crippen molar-refractivity contribution in [1.29, 1.82) is 0 Å². The van der Waals surface area contributed by atoms with Crippen LogP contribution in [0.25, 0.3) is 10.8 Å². The second-order valence-corrected chi connectivity index (χ2v) is 9.34. The smallest absolute Gasteiger partial charge is 0.311 e. The van der Waals surface area contributed by atoms with Crippen LogP contribution in [0.5, 0.6) is 5.75 Å². The molecule has 192 valence electrons. The van der Waals surface area contributed by atoms with E-state index < -0.39 is 0 Å². The Labute approximate surface area is 209 Å². The molecular formula is C30H49NO3. The number of fused-ring (bicyclic) bond motifs is 1. The molecule has 4 rings (SSSR count). The predicted octanol–water partition coefficient (Wildman–Crippen LogP) is 7.87. The molecule has 34 heavy (non-hydrogen) atoms. The lowest BCUT2D eigenvalue weighted by Gasteiger charge is -2.37. The lowest BCUT2D eigenvalue weighted by molar-refractivity contribution is -0.151. The number of methoxy groups -OCH3 is 1. The summed E-state index contributed by atoms with van der Waals surface area (Å²) in [6.07, 6.45) is 6.61. The van der Waals surface area contributed by atoms with Gasteiger partial charge < -0.3 is 9.47 Å². The van der Waals surface area contributed by atoms with Crippen molar-refractivity contribution in [3.05, 3.63) is 42.0 Å². The molecule has 0 atom stereocenters. The third kappa shape index (κ3) is 9.66. The Bertz CT molecular complexity index is 818. The molecule has 1 saturated carbocycles. The van der Waals surface area contributed by atoms with Gasteiger partial charge in [-0.15, -0.1) is 0 Å². The zero-order valence-corrected chi connectivity index (χ0v) is 23.0. The molecule has 2 aromatic rings. The Kier molecular flexibility index (Phi) is 14.6. The third-order valence-corrected chi connectivity index (χ3v) is 5.65. The molecule has 1 saturated heterocycles. The maximum atomic E-state index is 11.5. The molecule has 1 heterocycles. The van der Waals surface area contributed by atoms with Gasteiger partial charge in [0.1, 0.15) is 5.75 Å². The Hall–Kier alpha value is -2.07. The van der Waals surface area contributed by atoms with Crippen LogP contribution < -0.4 is 4.74 Å². The summed E-state index contributed by atoms with van der Waals surface area (Å²) in [5, 5.41) is 2.42. The van der Waals surface area contributed by atoms with Gasteiger partial charge in [0.25, 0.3) is 0 Å². The molecule has 0 radical (unpaired) electrons. The second-order valence-electron chi connectivity index (χ2n) is 9.34. The topological polar surface area (TPSA) is 38.8 Å². The summed E-state index contributed by atoms with van der Waals surface area (Å²) < 4.78 is 11.1. The van der Waals surface area contributed by atoms with Gasteiger partial charge in [-0.2, -0.15) is 0 Å². The number of rotatable bonds is 5. The monoisotopic (exact) mass is 471 g/mol. The number of carbonyl (C=O) groups is 1. The van der Waals surface area contributed by atoms with Crippen molar-refractivity contribution in [1.82, 2.24) is 4.90 Å². The zero-order chi connectivity index (χ0) is 25.5. The molecule has 4 nitrogen and oxygen atoms in total. The van der Waals surface area contributed by atoms with Crippen molar-refractivity contribution in [2.75, 3.05) is 20.2 Å². The zero-order valence-electron chi connectivity index (χ0n) is 23.0. The van der Waals surface area contributed by atoms with Crippen LogP contribution in [0.1, 0.15) is 86.1 Å². The van der Waals surface area contributed by atoms with Crippen LogP contribution in [0, 0.1) is 11.8 Å². The first-order valence-corrected chi connectivity index (χ1v) is 13.4. The average Bonchev–Trinajstić information content (AvgIpc) is 2.83. The van der Waals surface area contributed by atoms with Crippen LogP contribution in [-0.4, -0.2) is 37.2 Å². The van der Waals surface area contributed by atoms with Crippen molar-refractivity contribution in [3.8, 4) is 5.75 Å². The van der Waals surface area contributed by atoms with Gasteiger partial charge in [0.15, 0.2) is 0 Å². The molecule has 0 N–H and O–H groups in total. The fraction of sp³-hybridized carbons (Fsp3) is 0.633. The number of hydrogen-bond donors (Lipinski definition) is 0. The second kappa shape index (κ2) is 16.5. The number of esters is 1. The minimum atomic E-state index is -0.0933. The standard InChI is InChI=1S/C22H27NO3.C4H10.2C2H6/c1-25-22(24)18-14-23(15-18)13-16-10-11-20-17(12-16)6-5-9-21(20)26-19-7-3-2-4-8-19;1-4(2)3;2*1-2/h5-6,9-12,18-19H,2-4,7-8,13-15H2,1H3;4H,1-3H3;2*1-2H3. The van der Waals surface area contributed by atoms with Gasteiger partial charge in [0, 0.05) is 25.0 Å². The predicted molar refractivity (Wildman–Crippen MR) is 145 cm³/mol. The van der Waals surface area contributed by atoms with Crippen molar-refractivity contribution in [2.45, 2.75) is 93.2 Å². The van der Waals surface area contributed by atoms with Crippen molar-refractivity contribution < 1.29 is 14.3 Å². The molecule has 0 aromatic heterocycles. The van der Waals surface area contributed by atoms with Crippen LogP contribution in [0.2, 0.25) is 0 Å². The summed E-state index contributed by atoms with van der Waals surface area (Å²) in [6, 6.07) is 12.9. The first kappa shape index (κ1) is 30.0. The summed E-state index contributed by atoms with van der Waals surface area (Å²) in [4.78, 5) is 13.8. The molecule has 2 fully saturated rings. The highest BCUT2D eigenvalue weighted by Gasteiger charge is 2.33. The minimum Gasteiger partial charge on any atom is -0.490 e. The van der Waals surface area contributed by atoms with Crippen molar-refractivity contribution in [3.63, 3.8) is 0 Å². The van der Waals surface area contributed by atoms with Crippen LogP contribution in [0.4, 0.5) is 0 Å². The quantitative estimate of drug-likeness (QED) is 0.416. The molecule has 0 bridgehead atoms. The number of nitrogens with zero attached hydrogens (tertiary/aromatic N) is 1. The summed E-state index contributed by atoms with van der Waals surface area (Å²) in [5.41, 5.74) is 1.27. The molecule has 0 unspecified atom stereocenters. The van der Waals surface area contributed by atoms with E-state index in [2.05, 4.69) is 62.1 Å². The van der Waals surface area contributed by atoms with Gasteiger partial charge in [-0.3, -0.25) is 9.69 Å². The summed E-state index contributed by atoms with van der Waals surface area (Å²) in [7, 11) is 1.46. The molecule has 0 amide bonds. The van der Waals surface area contributed by atoms with Crippen LogP contribution in [0.15, 0.2) is 36.4 Å². The van der Waals surface area contributed by atoms with E-state index >= 15 is 0 Å². The Balaban J connectivity index is 0.000000644. The average molecular weight is 472 g/mol. The lowest BCUT2D eigenvalue weighted by Crippen LogP contribution is -2.49. The van der Waals surface area contributed by atoms with E-state index in [0.29, 0.717) is 6.10 Å². The number of benzene rings is 2. The minimum absolute atomic E-state index is 0.0379. The number of hydrogen-bond acceptors (Lipinski definition) is 4. The summed E-state index contributed by atoms with van der Waals surface area (Å²) >= 11 is 0. The van der Waals surface area contributed by atoms with Crippen molar-refractivity contribution >= 4 is 16.7 Å². The van der Waals surface area contributed by atoms with E-state index in [-0.39, 0.29) is 11.9 Å². The highest BCUT2D eigenvalue weighted by atomic mass is 16.5. The highest BCUT2D eigenvalue weighted by molar-refractivity contribution is 5.88. The van der Waals surface area contributed by atoms with Gasteiger partial charge >= 0.3 is 5.97 Å². The molecular weight excluding hydrogens is 422 g/mol. The van der Waals surface area contributed by atoms with Crippen LogP contribution in [0.3, 0.4) is 0 Å². The van der Waals surface area contributed by atoms with Crippen LogP contribution >= 0.6 is 0 Å². The number of likely N-dealkylation sites (tertiary alicyclic amines) is 1. The van der Waals surface area contributed by atoms with E-state index in [1.165, 1.54) is 55.5 Å². The molecule has 0 spiro atoms.